The van der Waals surface area contributed by atoms with Gasteiger partial charge in [-0.1, -0.05) is 24.4 Å². The first-order valence-electron chi connectivity index (χ1n) is 11.3. The predicted molar refractivity (Wildman–Crippen MR) is 120 cm³/mol. The molecule has 0 bridgehead atoms. The van der Waals surface area contributed by atoms with Crippen LogP contribution in [0.2, 0.25) is 5.02 Å². The van der Waals surface area contributed by atoms with Gasteiger partial charge in [0.05, 0.1) is 11.1 Å². The van der Waals surface area contributed by atoms with E-state index in [0.717, 1.165) is 38.5 Å². The third kappa shape index (κ3) is 5.27. The SMILES string of the molecule is O=C(c1ccc(Cl)c(S(=O)(=O)NCC2CCCO2)c1)N1CCN(C(=O)C2CCCC2)CC1. The zero-order chi connectivity index (χ0) is 22.7. The Hall–Kier alpha value is -1.68. The third-order valence-electron chi connectivity index (χ3n) is 6.58. The van der Waals surface area contributed by atoms with Crippen LogP contribution in [0.25, 0.3) is 0 Å². The number of halogens is 1. The Balaban J connectivity index is 1.39. The number of hydrogen-bond donors (Lipinski definition) is 1. The van der Waals surface area contributed by atoms with Gasteiger partial charge in [0, 0.05) is 50.8 Å². The Bertz CT molecular complexity index is 950. The minimum atomic E-state index is -3.88. The van der Waals surface area contributed by atoms with E-state index in [0.29, 0.717) is 32.8 Å². The van der Waals surface area contributed by atoms with E-state index in [2.05, 4.69) is 4.72 Å². The summed E-state index contributed by atoms with van der Waals surface area (Å²) in [5.74, 6) is 0.0698. The molecule has 10 heteroatoms. The van der Waals surface area contributed by atoms with Crippen molar-refractivity contribution in [3.8, 4) is 0 Å². The number of carbonyl (C=O) groups is 2. The normalized spacial score (nSPS) is 22.5. The number of amides is 2. The Morgan fingerprint density at radius 2 is 1.72 bits per heavy atom. The molecule has 2 heterocycles. The van der Waals surface area contributed by atoms with Gasteiger partial charge < -0.3 is 14.5 Å². The van der Waals surface area contributed by atoms with Crippen molar-refractivity contribution in [2.75, 3.05) is 39.3 Å². The van der Waals surface area contributed by atoms with Crippen molar-refractivity contribution in [3.05, 3.63) is 28.8 Å². The van der Waals surface area contributed by atoms with Crippen LogP contribution in [0.4, 0.5) is 0 Å². The average Bonchev–Trinajstić information content (AvgIpc) is 3.51. The van der Waals surface area contributed by atoms with E-state index in [9.17, 15) is 18.0 Å². The largest absolute Gasteiger partial charge is 0.377 e. The lowest BCUT2D eigenvalue weighted by molar-refractivity contribution is -0.136. The van der Waals surface area contributed by atoms with Crippen LogP contribution in [-0.2, 0) is 19.6 Å². The molecule has 0 radical (unpaired) electrons. The quantitative estimate of drug-likeness (QED) is 0.669. The molecule has 1 aromatic rings. The van der Waals surface area contributed by atoms with Gasteiger partial charge in [-0.2, -0.15) is 0 Å². The van der Waals surface area contributed by atoms with Crippen LogP contribution in [0.1, 0.15) is 48.9 Å². The number of nitrogens with zero attached hydrogens (tertiary/aromatic N) is 2. The second-order valence-electron chi connectivity index (χ2n) is 8.73. The minimum Gasteiger partial charge on any atom is -0.377 e. The zero-order valence-electron chi connectivity index (χ0n) is 18.1. The summed E-state index contributed by atoms with van der Waals surface area (Å²) in [6.45, 7) is 2.68. The number of ether oxygens (including phenoxy) is 1. The summed E-state index contributed by atoms with van der Waals surface area (Å²) in [4.78, 5) is 29.1. The van der Waals surface area contributed by atoms with Crippen molar-refractivity contribution in [3.63, 3.8) is 0 Å². The summed E-state index contributed by atoms with van der Waals surface area (Å²) in [6, 6.07) is 4.31. The molecule has 0 aromatic heterocycles. The highest BCUT2D eigenvalue weighted by molar-refractivity contribution is 7.89. The van der Waals surface area contributed by atoms with Crippen LogP contribution in [0, 0.1) is 5.92 Å². The van der Waals surface area contributed by atoms with Crippen molar-refractivity contribution < 1.29 is 22.7 Å². The summed E-state index contributed by atoms with van der Waals surface area (Å²) in [7, 11) is -3.88. The fraction of sp³-hybridized carbons (Fsp3) is 0.636. The molecular weight excluding hydrogens is 454 g/mol. The number of carbonyl (C=O) groups excluding carboxylic acids is 2. The van der Waals surface area contributed by atoms with E-state index < -0.39 is 10.0 Å². The molecule has 8 nitrogen and oxygen atoms in total. The van der Waals surface area contributed by atoms with Gasteiger partial charge in [0.2, 0.25) is 15.9 Å². The topological polar surface area (TPSA) is 96.0 Å². The highest BCUT2D eigenvalue weighted by Gasteiger charge is 2.31. The summed E-state index contributed by atoms with van der Waals surface area (Å²) in [5.41, 5.74) is 0.266. The fourth-order valence-electron chi connectivity index (χ4n) is 4.67. The van der Waals surface area contributed by atoms with Crippen molar-refractivity contribution in [2.24, 2.45) is 5.92 Å². The molecule has 1 atom stereocenters. The molecule has 2 saturated heterocycles. The van der Waals surface area contributed by atoms with Gasteiger partial charge in [0.25, 0.3) is 5.91 Å². The van der Waals surface area contributed by atoms with Gasteiger partial charge in [-0.15, -0.1) is 0 Å². The fourth-order valence-corrected chi connectivity index (χ4v) is 6.26. The molecular formula is C22H30ClN3O5S. The van der Waals surface area contributed by atoms with E-state index in [1.807, 2.05) is 4.90 Å². The number of sulfonamides is 1. The maximum absolute atomic E-state index is 13.0. The maximum Gasteiger partial charge on any atom is 0.254 e. The lowest BCUT2D eigenvalue weighted by atomic mass is 10.1. The molecule has 3 aliphatic rings. The molecule has 0 spiro atoms. The summed E-state index contributed by atoms with van der Waals surface area (Å²) >= 11 is 6.16. The van der Waals surface area contributed by atoms with Gasteiger partial charge in [-0.3, -0.25) is 9.59 Å². The summed E-state index contributed by atoms with van der Waals surface area (Å²) < 4.78 is 33.6. The van der Waals surface area contributed by atoms with E-state index in [4.69, 9.17) is 16.3 Å². The van der Waals surface area contributed by atoms with Crippen molar-refractivity contribution in [1.29, 1.82) is 0 Å². The molecule has 32 heavy (non-hydrogen) atoms. The molecule has 176 valence electrons. The predicted octanol–water partition coefficient (Wildman–Crippen LogP) is 2.27. The molecule has 1 saturated carbocycles. The number of nitrogens with one attached hydrogen (secondary N) is 1. The smallest absolute Gasteiger partial charge is 0.254 e. The van der Waals surface area contributed by atoms with Crippen molar-refractivity contribution >= 4 is 33.4 Å². The summed E-state index contributed by atoms with van der Waals surface area (Å²) in [5, 5.41) is 0.0633. The molecule has 1 aromatic carbocycles. The Morgan fingerprint density at radius 3 is 2.38 bits per heavy atom. The molecule has 1 unspecified atom stereocenters. The van der Waals surface area contributed by atoms with Crippen LogP contribution >= 0.6 is 11.6 Å². The third-order valence-corrected chi connectivity index (χ3v) is 8.48. The van der Waals surface area contributed by atoms with E-state index in [-0.39, 0.29) is 45.9 Å². The van der Waals surface area contributed by atoms with Crippen molar-refractivity contribution in [2.45, 2.75) is 49.5 Å². The van der Waals surface area contributed by atoms with Gasteiger partial charge in [0.1, 0.15) is 4.90 Å². The highest BCUT2D eigenvalue weighted by atomic mass is 35.5. The number of rotatable bonds is 6. The standard InChI is InChI=1S/C22H30ClN3O5S/c23-19-8-7-17(14-20(19)32(29,30)24-15-18-6-3-13-31-18)22(28)26-11-9-25(10-12-26)21(27)16-4-1-2-5-16/h7-8,14,16,18,24H,1-6,9-13,15H2. The van der Waals surface area contributed by atoms with Gasteiger partial charge in [-0.05, 0) is 43.9 Å². The van der Waals surface area contributed by atoms with Crippen LogP contribution in [-0.4, -0.2) is 75.5 Å². The lowest BCUT2D eigenvalue weighted by Crippen LogP contribution is -2.51. The van der Waals surface area contributed by atoms with E-state index >= 15 is 0 Å². The first-order valence-corrected chi connectivity index (χ1v) is 13.2. The highest BCUT2D eigenvalue weighted by Crippen LogP contribution is 2.27. The molecule has 1 N–H and O–H groups in total. The Labute approximate surface area is 194 Å². The first-order chi connectivity index (χ1) is 15.3. The van der Waals surface area contributed by atoms with Gasteiger partial charge in [-0.25, -0.2) is 13.1 Å². The Kier molecular flexibility index (Phi) is 7.39. The summed E-state index contributed by atoms with van der Waals surface area (Å²) in [6.07, 6.45) is 5.72. The van der Waals surface area contributed by atoms with Crippen molar-refractivity contribution in [1.82, 2.24) is 14.5 Å². The molecule has 4 rings (SSSR count). The van der Waals surface area contributed by atoms with Crippen LogP contribution < -0.4 is 4.72 Å². The average molecular weight is 484 g/mol. The minimum absolute atomic E-state index is 0.0633. The molecule has 1 aliphatic carbocycles. The van der Waals surface area contributed by atoms with Crippen LogP contribution in [0.3, 0.4) is 0 Å². The van der Waals surface area contributed by atoms with Gasteiger partial charge in [0.15, 0.2) is 0 Å². The number of hydrogen-bond acceptors (Lipinski definition) is 5. The monoisotopic (exact) mass is 483 g/mol. The Morgan fingerprint density at radius 1 is 1.03 bits per heavy atom. The number of piperazine rings is 1. The van der Waals surface area contributed by atoms with Gasteiger partial charge >= 0.3 is 0 Å². The van der Waals surface area contributed by atoms with E-state index in [1.165, 1.54) is 12.1 Å². The first kappa shape index (κ1) is 23.5. The maximum atomic E-state index is 13.0. The van der Waals surface area contributed by atoms with Crippen LogP contribution in [0.5, 0.6) is 0 Å². The molecule has 2 aliphatic heterocycles. The zero-order valence-corrected chi connectivity index (χ0v) is 19.7. The van der Waals surface area contributed by atoms with E-state index in [1.54, 1.807) is 11.0 Å². The molecule has 2 amide bonds. The van der Waals surface area contributed by atoms with Crippen LogP contribution in [0.15, 0.2) is 23.1 Å². The lowest BCUT2D eigenvalue weighted by Gasteiger charge is -2.36. The second-order valence-corrected chi connectivity index (χ2v) is 10.9. The molecule has 3 fully saturated rings. The second kappa shape index (κ2) is 10.1. The number of benzene rings is 1.